The smallest absolute Gasteiger partial charge is 0.417 e. The number of ether oxygens (including phenoxy) is 1. The van der Waals surface area contributed by atoms with E-state index in [4.69, 9.17) is 0 Å². The number of carbonyl (C=O) groups excluding carboxylic acids is 1. The molecule has 9 heteroatoms. The lowest BCUT2D eigenvalue weighted by Crippen LogP contribution is -2.26. The van der Waals surface area contributed by atoms with E-state index in [1.54, 1.807) is 0 Å². The minimum absolute atomic E-state index is 0.0359. The average Bonchev–Trinajstić information content (AvgIpc) is 2.98. The van der Waals surface area contributed by atoms with E-state index in [0.717, 1.165) is 0 Å². The molecule has 1 aliphatic rings. The number of hydrogen-bond donors (Lipinski definition) is 0. The number of carbonyl (C=O) groups is 1. The van der Waals surface area contributed by atoms with Gasteiger partial charge in [-0.1, -0.05) is 0 Å². The Bertz CT molecular complexity index is 618. The Balaban J connectivity index is 2.73. The summed E-state index contributed by atoms with van der Waals surface area (Å²) in [4.78, 5) is 13.4. The fourth-order valence-corrected chi connectivity index (χ4v) is 2.64. The Kier molecular flexibility index (Phi) is 5.00. The van der Waals surface area contributed by atoms with Gasteiger partial charge in [-0.25, -0.2) is 4.79 Å². The third-order valence-corrected chi connectivity index (χ3v) is 3.68. The lowest BCUT2D eigenvalue weighted by molar-refractivity contribution is -0.143. The van der Waals surface area contributed by atoms with Crippen LogP contribution in [0.4, 0.5) is 32.0 Å². The number of nitrogens with zero attached hydrogens (tertiary/aromatic N) is 1. The molecule has 0 bridgehead atoms. The minimum Gasteiger partial charge on any atom is -0.462 e. The van der Waals surface area contributed by atoms with Gasteiger partial charge in [-0.05, 0) is 31.9 Å². The van der Waals surface area contributed by atoms with Crippen LogP contribution in [0.15, 0.2) is 12.1 Å². The highest BCUT2D eigenvalue weighted by Crippen LogP contribution is 2.42. The van der Waals surface area contributed by atoms with Gasteiger partial charge < -0.3 is 9.64 Å². The monoisotopic (exact) mass is 355 g/mol. The summed E-state index contributed by atoms with van der Waals surface area (Å²) in [5, 5.41) is 0. The summed E-state index contributed by atoms with van der Waals surface area (Å²) in [6.07, 6.45) is -8.82. The zero-order valence-corrected chi connectivity index (χ0v) is 12.7. The van der Waals surface area contributed by atoms with Crippen molar-refractivity contribution in [3.8, 4) is 0 Å². The molecule has 1 aromatic carbocycles. The number of alkyl halides is 6. The highest BCUT2D eigenvalue weighted by Gasteiger charge is 2.42. The van der Waals surface area contributed by atoms with Gasteiger partial charge in [0.25, 0.3) is 0 Å². The van der Waals surface area contributed by atoms with Crippen molar-refractivity contribution in [1.29, 1.82) is 0 Å². The van der Waals surface area contributed by atoms with Gasteiger partial charge in [0.2, 0.25) is 0 Å². The predicted molar refractivity (Wildman–Crippen MR) is 73.8 cm³/mol. The molecule has 0 aromatic heterocycles. The van der Waals surface area contributed by atoms with Gasteiger partial charge in [-0.3, -0.25) is 0 Å². The summed E-state index contributed by atoms with van der Waals surface area (Å²) in [5.41, 5.74) is -4.31. The third-order valence-electron chi connectivity index (χ3n) is 3.68. The van der Waals surface area contributed by atoms with Crippen molar-refractivity contribution >= 4 is 11.7 Å². The lowest BCUT2D eigenvalue weighted by atomic mass is 9.99. The quantitative estimate of drug-likeness (QED) is 0.591. The third kappa shape index (κ3) is 3.76. The van der Waals surface area contributed by atoms with Gasteiger partial charge >= 0.3 is 18.3 Å². The molecule has 0 unspecified atom stereocenters. The maximum atomic E-state index is 13.3. The predicted octanol–water partition coefficient (Wildman–Crippen LogP) is 4.50. The van der Waals surface area contributed by atoms with Crippen LogP contribution in [0.25, 0.3) is 0 Å². The van der Waals surface area contributed by atoms with E-state index >= 15 is 0 Å². The van der Waals surface area contributed by atoms with Crippen molar-refractivity contribution in [2.45, 2.75) is 32.1 Å². The molecule has 0 N–H and O–H groups in total. The topological polar surface area (TPSA) is 29.5 Å². The summed E-state index contributed by atoms with van der Waals surface area (Å²) in [6, 6.07) is 0.554. The fourth-order valence-electron chi connectivity index (χ4n) is 2.64. The van der Waals surface area contributed by atoms with Crippen molar-refractivity contribution in [1.82, 2.24) is 0 Å². The molecule has 1 heterocycles. The summed E-state index contributed by atoms with van der Waals surface area (Å²) >= 11 is 0. The molecular weight excluding hydrogens is 340 g/mol. The summed E-state index contributed by atoms with van der Waals surface area (Å²) in [7, 11) is 0. The summed E-state index contributed by atoms with van der Waals surface area (Å²) in [6.45, 7) is 1.79. The van der Waals surface area contributed by atoms with Crippen molar-refractivity contribution < 1.29 is 35.9 Å². The largest absolute Gasteiger partial charge is 0.462 e. The number of esters is 1. The first-order valence-corrected chi connectivity index (χ1v) is 7.30. The number of benzene rings is 1. The van der Waals surface area contributed by atoms with E-state index in [9.17, 15) is 31.1 Å². The standard InChI is InChI=1S/C15H15F6NO2/c1-2-24-13(23)12-10(15(19,20)21)7-9(14(16,17)18)8-11(12)22-5-3-4-6-22/h7-8H,2-6H2,1H3. The van der Waals surface area contributed by atoms with Gasteiger partial charge in [0, 0.05) is 13.1 Å². The van der Waals surface area contributed by atoms with Crippen LogP contribution in [0.2, 0.25) is 0 Å². The maximum absolute atomic E-state index is 13.3. The Morgan fingerprint density at radius 2 is 1.67 bits per heavy atom. The fraction of sp³-hybridized carbons (Fsp3) is 0.533. The van der Waals surface area contributed by atoms with Crippen LogP contribution in [-0.2, 0) is 17.1 Å². The number of anilines is 1. The number of halogens is 6. The molecule has 3 nitrogen and oxygen atoms in total. The Labute approximate surface area is 134 Å². The molecule has 0 amide bonds. The van der Waals surface area contributed by atoms with Crippen LogP contribution in [-0.4, -0.2) is 25.7 Å². The normalized spacial score (nSPS) is 15.7. The molecule has 1 saturated heterocycles. The molecule has 0 radical (unpaired) electrons. The Morgan fingerprint density at radius 1 is 1.08 bits per heavy atom. The van der Waals surface area contributed by atoms with E-state index in [1.165, 1.54) is 11.8 Å². The van der Waals surface area contributed by atoms with Gasteiger partial charge in [-0.2, -0.15) is 26.3 Å². The highest BCUT2D eigenvalue weighted by molar-refractivity contribution is 5.98. The van der Waals surface area contributed by atoms with Gasteiger partial charge in [0.05, 0.1) is 29.0 Å². The molecule has 0 atom stereocenters. The number of rotatable bonds is 3. The highest BCUT2D eigenvalue weighted by atomic mass is 19.4. The van der Waals surface area contributed by atoms with Crippen molar-refractivity contribution in [3.63, 3.8) is 0 Å². The molecule has 134 valence electrons. The molecule has 1 aromatic rings. The first-order chi connectivity index (χ1) is 11.1. The Hall–Kier alpha value is -1.93. The van der Waals surface area contributed by atoms with Gasteiger partial charge in [0.15, 0.2) is 0 Å². The number of hydrogen-bond acceptors (Lipinski definition) is 3. The molecule has 1 aliphatic heterocycles. The van der Waals surface area contributed by atoms with Crippen LogP contribution in [0.1, 0.15) is 41.3 Å². The SMILES string of the molecule is CCOC(=O)c1c(N2CCCC2)cc(C(F)(F)F)cc1C(F)(F)F. The molecule has 0 aliphatic carbocycles. The van der Waals surface area contributed by atoms with Crippen LogP contribution in [0.3, 0.4) is 0 Å². The molecule has 2 rings (SSSR count). The molecular formula is C15H15F6NO2. The molecule has 24 heavy (non-hydrogen) atoms. The summed E-state index contributed by atoms with van der Waals surface area (Å²) < 4.78 is 83.5. The van der Waals surface area contributed by atoms with Crippen LogP contribution >= 0.6 is 0 Å². The van der Waals surface area contributed by atoms with Crippen molar-refractivity contribution in [2.75, 3.05) is 24.6 Å². The second-order valence-electron chi connectivity index (χ2n) is 5.33. The van der Waals surface area contributed by atoms with Crippen molar-refractivity contribution in [2.24, 2.45) is 0 Å². The second-order valence-corrected chi connectivity index (χ2v) is 5.33. The zero-order valence-electron chi connectivity index (χ0n) is 12.7. The summed E-state index contributed by atoms with van der Waals surface area (Å²) in [5.74, 6) is -1.28. The minimum atomic E-state index is -5.11. The van der Waals surface area contributed by atoms with Crippen LogP contribution < -0.4 is 4.90 Å². The van der Waals surface area contributed by atoms with Gasteiger partial charge in [-0.15, -0.1) is 0 Å². The molecule has 0 saturated carbocycles. The average molecular weight is 355 g/mol. The lowest BCUT2D eigenvalue weighted by Gasteiger charge is -2.25. The zero-order chi connectivity index (χ0) is 18.1. The van der Waals surface area contributed by atoms with E-state index in [0.29, 0.717) is 18.9 Å². The maximum Gasteiger partial charge on any atom is 0.417 e. The molecule has 0 spiro atoms. The first kappa shape index (κ1) is 18.4. The second kappa shape index (κ2) is 6.52. The van der Waals surface area contributed by atoms with E-state index in [1.807, 2.05) is 0 Å². The Morgan fingerprint density at radius 3 is 2.12 bits per heavy atom. The van der Waals surface area contributed by atoms with Crippen molar-refractivity contribution in [3.05, 3.63) is 28.8 Å². The van der Waals surface area contributed by atoms with Gasteiger partial charge in [0.1, 0.15) is 0 Å². The van der Waals surface area contributed by atoms with E-state index < -0.39 is 35.0 Å². The van der Waals surface area contributed by atoms with E-state index in [-0.39, 0.29) is 31.5 Å². The van der Waals surface area contributed by atoms with Crippen LogP contribution in [0, 0.1) is 0 Å². The van der Waals surface area contributed by atoms with Crippen LogP contribution in [0.5, 0.6) is 0 Å². The van der Waals surface area contributed by atoms with E-state index in [2.05, 4.69) is 4.74 Å². The molecule has 1 fully saturated rings. The first-order valence-electron chi connectivity index (χ1n) is 7.30.